The van der Waals surface area contributed by atoms with E-state index >= 15 is 0 Å². The van der Waals surface area contributed by atoms with Crippen LogP contribution in [0.3, 0.4) is 0 Å². The number of phenolic OH excluding ortho intramolecular Hbond substituents is 2. The number of hydrazine groups is 1. The predicted octanol–water partition coefficient (Wildman–Crippen LogP) is 1.36. The van der Waals surface area contributed by atoms with Crippen molar-refractivity contribution in [2.45, 2.75) is 50.3 Å². The molecule has 3 aromatic carbocycles. The smallest absolute Gasteiger partial charge is 0.269 e. The summed E-state index contributed by atoms with van der Waals surface area (Å²) in [7, 11) is 0. The molecule has 0 aliphatic carbocycles. The van der Waals surface area contributed by atoms with Crippen molar-refractivity contribution in [1.82, 2.24) is 25.0 Å². The van der Waals surface area contributed by atoms with Gasteiger partial charge in [0.2, 0.25) is 0 Å². The SMILES string of the molecule is O=C1c2c(c3c4ccc(O)cc4n(C4OC(CO)C(O)C(O)C4O)c3c3[nH]c4cc(O)ccc4c23)CN1NCc1ccncc1CO. The summed E-state index contributed by atoms with van der Waals surface area (Å²) in [5.74, 6) is -0.395. The third kappa shape index (κ3) is 4.31. The number of rotatable bonds is 6. The number of aliphatic hydroxyl groups excluding tert-OH is 5. The van der Waals surface area contributed by atoms with Crippen LogP contribution in [0.4, 0.5) is 0 Å². The fourth-order valence-electron chi connectivity index (χ4n) is 7.15. The summed E-state index contributed by atoms with van der Waals surface area (Å²) in [6.45, 7) is -0.496. The second-order valence-electron chi connectivity index (χ2n) is 12.0. The van der Waals surface area contributed by atoms with Crippen LogP contribution in [0.25, 0.3) is 43.6 Å². The second-order valence-corrected chi connectivity index (χ2v) is 12.0. The van der Waals surface area contributed by atoms with Gasteiger partial charge in [-0.2, -0.15) is 0 Å². The molecule has 242 valence electrons. The fourth-order valence-corrected chi connectivity index (χ4v) is 7.15. The summed E-state index contributed by atoms with van der Waals surface area (Å²) in [4.78, 5) is 21.7. The van der Waals surface area contributed by atoms with Crippen LogP contribution >= 0.6 is 0 Å². The molecule has 5 unspecified atom stereocenters. The van der Waals surface area contributed by atoms with Gasteiger partial charge >= 0.3 is 0 Å². The molecule has 5 atom stereocenters. The third-order valence-electron chi connectivity index (χ3n) is 9.39. The number of aliphatic hydroxyl groups is 5. The van der Waals surface area contributed by atoms with Crippen molar-refractivity contribution in [1.29, 1.82) is 0 Å². The van der Waals surface area contributed by atoms with Gasteiger partial charge in [-0.1, -0.05) is 0 Å². The van der Waals surface area contributed by atoms with Crippen LogP contribution in [0.15, 0.2) is 54.9 Å². The molecule has 2 aliphatic rings. The Balaban J connectivity index is 1.41. The van der Waals surface area contributed by atoms with Gasteiger partial charge in [0, 0.05) is 58.2 Å². The van der Waals surface area contributed by atoms with Gasteiger partial charge in [-0.15, -0.1) is 0 Å². The minimum Gasteiger partial charge on any atom is -0.508 e. The number of carbonyl (C=O) groups excluding carboxylic acids is 1. The van der Waals surface area contributed by atoms with E-state index in [1.54, 1.807) is 35.2 Å². The number of H-pyrrole nitrogens is 1. The van der Waals surface area contributed by atoms with Gasteiger partial charge in [0.1, 0.15) is 35.9 Å². The van der Waals surface area contributed by atoms with Crippen LogP contribution in [-0.2, 0) is 24.4 Å². The van der Waals surface area contributed by atoms with Crippen LogP contribution in [0.5, 0.6) is 11.5 Å². The topological polar surface area (TPSA) is 217 Å². The lowest BCUT2D eigenvalue weighted by atomic mass is 9.96. The van der Waals surface area contributed by atoms with E-state index in [1.807, 2.05) is 0 Å². The summed E-state index contributed by atoms with van der Waals surface area (Å²) in [5, 5.41) is 77.2. The first-order chi connectivity index (χ1) is 22.7. The number of aromatic hydroxyl groups is 2. The number of phenols is 2. The van der Waals surface area contributed by atoms with E-state index in [4.69, 9.17) is 4.74 Å². The largest absolute Gasteiger partial charge is 0.508 e. The first-order valence-electron chi connectivity index (χ1n) is 15.1. The highest BCUT2D eigenvalue weighted by atomic mass is 16.6. The summed E-state index contributed by atoms with van der Waals surface area (Å²) in [6, 6.07) is 11.2. The Hall–Kier alpha value is -4.80. The lowest BCUT2D eigenvalue weighted by molar-refractivity contribution is -0.249. The molecule has 8 rings (SSSR count). The molecular formula is C33H31N5O9. The molecule has 47 heavy (non-hydrogen) atoms. The molecule has 1 amide bonds. The molecule has 0 radical (unpaired) electrons. The Kier molecular flexibility index (Phi) is 6.86. The highest BCUT2D eigenvalue weighted by Crippen LogP contribution is 2.47. The highest BCUT2D eigenvalue weighted by Gasteiger charge is 2.46. The number of aromatic nitrogens is 3. The number of hydrogen-bond acceptors (Lipinski definition) is 11. The average molecular weight is 642 g/mol. The molecule has 1 saturated heterocycles. The Morgan fingerprint density at radius 1 is 0.936 bits per heavy atom. The van der Waals surface area contributed by atoms with Crippen molar-refractivity contribution in [3.05, 3.63) is 77.1 Å². The number of nitrogens with one attached hydrogen (secondary N) is 2. The lowest BCUT2D eigenvalue weighted by Crippen LogP contribution is -2.56. The van der Waals surface area contributed by atoms with Crippen molar-refractivity contribution >= 4 is 49.5 Å². The van der Waals surface area contributed by atoms with E-state index in [0.29, 0.717) is 60.3 Å². The van der Waals surface area contributed by atoms with Gasteiger partial charge in [-0.3, -0.25) is 14.8 Å². The number of aromatic amines is 1. The van der Waals surface area contributed by atoms with Gasteiger partial charge in [0.05, 0.1) is 47.4 Å². The Labute approximate surface area is 265 Å². The monoisotopic (exact) mass is 641 g/mol. The maximum atomic E-state index is 14.3. The summed E-state index contributed by atoms with van der Waals surface area (Å²) in [5.41, 5.74) is 7.53. The van der Waals surface area contributed by atoms with Crippen LogP contribution in [0.2, 0.25) is 0 Å². The highest BCUT2D eigenvalue weighted by molar-refractivity contribution is 6.30. The average Bonchev–Trinajstić information content (AvgIpc) is 3.71. The molecule has 0 bridgehead atoms. The third-order valence-corrected chi connectivity index (χ3v) is 9.39. The van der Waals surface area contributed by atoms with E-state index in [2.05, 4.69) is 15.4 Å². The van der Waals surface area contributed by atoms with Crippen molar-refractivity contribution in [2.75, 3.05) is 6.61 Å². The molecule has 1 fully saturated rings. The zero-order valence-corrected chi connectivity index (χ0v) is 24.7. The molecular weight excluding hydrogens is 610 g/mol. The van der Waals surface area contributed by atoms with Crippen LogP contribution < -0.4 is 5.43 Å². The Bertz CT molecular complexity index is 2230. The van der Waals surface area contributed by atoms with E-state index < -0.39 is 37.3 Å². The number of nitrogens with zero attached hydrogens (tertiary/aromatic N) is 3. The molecule has 2 aliphatic heterocycles. The Morgan fingerprint density at radius 3 is 2.47 bits per heavy atom. The van der Waals surface area contributed by atoms with Gasteiger partial charge < -0.3 is 50.0 Å². The van der Waals surface area contributed by atoms with Gasteiger partial charge in [0.15, 0.2) is 6.23 Å². The maximum absolute atomic E-state index is 14.3. The summed E-state index contributed by atoms with van der Waals surface area (Å²) < 4.78 is 7.65. The molecule has 14 nitrogen and oxygen atoms in total. The molecule has 5 heterocycles. The van der Waals surface area contributed by atoms with Crippen molar-refractivity contribution < 1.29 is 45.3 Å². The summed E-state index contributed by atoms with van der Waals surface area (Å²) >= 11 is 0. The standard InChI is InChI=1S/C33H31N5O9/c39-12-15-9-34-6-5-14(15)10-35-37-11-20-24-19-4-2-17(42)8-22(19)38(33-31(45)30(44)29(43)23(13-40)47-33)28(24)27-25(26(20)32(37)46)18-3-1-16(41)7-21(18)36-27/h1-9,23,29-31,33,35-36,39-45H,10-13H2. The number of carbonyl (C=O) groups is 1. The first kappa shape index (κ1) is 29.6. The van der Waals surface area contributed by atoms with Gasteiger partial charge in [0.25, 0.3) is 5.91 Å². The summed E-state index contributed by atoms with van der Waals surface area (Å²) in [6.07, 6.45) is -4.26. The molecule has 9 N–H and O–H groups in total. The van der Waals surface area contributed by atoms with Gasteiger partial charge in [-0.05, 0) is 41.5 Å². The number of pyridine rings is 1. The molecule has 14 heteroatoms. The van der Waals surface area contributed by atoms with Crippen molar-refractivity contribution in [3.8, 4) is 11.5 Å². The molecule has 0 spiro atoms. The predicted molar refractivity (Wildman–Crippen MR) is 168 cm³/mol. The van der Waals surface area contributed by atoms with Crippen molar-refractivity contribution in [3.63, 3.8) is 0 Å². The zero-order chi connectivity index (χ0) is 32.7. The number of hydrogen-bond donors (Lipinski definition) is 9. The molecule has 6 aromatic rings. The Morgan fingerprint density at radius 2 is 1.70 bits per heavy atom. The maximum Gasteiger partial charge on any atom is 0.269 e. The minimum absolute atomic E-state index is 0.00278. The van der Waals surface area contributed by atoms with Crippen molar-refractivity contribution in [2.24, 2.45) is 0 Å². The zero-order valence-electron chi connectivity index (χ0n) is 24.7. The van der Waals surface area contributed by atoms with Gasteiger partial charge in [-0.25, -0.2) is 5.43 Å². The minimum atomic E-state index is -1.67. The number of fused-ring (bicyclic) bond motifs is 10. The van der Waals surface area contributed by atoms with E-state index in [1.165, 1.54) is 29.3 Å². The quantitative estimate of drug-likeness (QED) is 0.127. The molecule has 3 aromatic heterocycles. The lowest BCUT2D eigenvalue weighted by Gasteiger charge is -2.41. The number of amides is 1. The normalized spacial score (nSPS) is 23.1. The van der Waals surface area contributed by atoms with E-state index in [-0.39, 0.29) is 37.1 Å². The molecule has 0 saturated carbocycles. The number of ether oxygens (including phenoxy) is 1. The van der Waals surface area contributed by atoms with E-state index in [9.17, 15) is 40.5 Å². The van der Waals surface area contributed by atoms with E-state index in [0.717, 1.165) is 5.56 Å². The van der Waals surface area contributed by atoms with Crippen LogP contribution in [0, 0.1) is 0 Å². The first-order valence-corrected chi connectivity index (χ1v) is 15.1. The second kappa shape index (κ2) is 10.9. The van der Waals surface area contributed by atoms with Crippen LogP contribution in [0.1, 0.15) is 33.3 Å². The van der Waals surface area contributed by atoms with Crippen LogP contribution in [-0.4, -0.2) is 92.2 Å². The number of benzene rings is 3. The fraction of sp³-hybridized carbons (Fsp3) is 0.273.